The van der Waals surface area contributed by atoms with Crippen LogP contribution in [0.1, 0.15) is 18.4 Å². The van der Waals surface area contributed by atoms with Crippen LogP contribution in [-0.4, -0.2) is 30.1 Å². The van der Waals surface area contributed by atoms with E-state index in [-0.39, 0.29) is 0 Å². The molecule has 1 rings (SSSR count). The molecule has 0 aromatic heterocycles. The Morgan fingerprint density at radius 1 is 1.44 bits per heavy atom. The minimum absolute atomic E-state index is 0.349. The highest BCUT2D eigenvalue weighted by Gasteiger charge is 2.07. The molecule has 0 radical (unpaired) electrons. The van der Waals surface area contributed by atoms with Crippen LogP contribution in [0.25, 0.3) is 0 Å². The third kappa shape index (κ3) is 4.30. The first-order valence-corrected chi connectivity index (χ1v) is 6.15. The Labute approximate surface area is 114 Å². The molecule has 0 N–H and O–H groups in total. The Hall–Kier alpha value is -1.68. The maximum Gasteiger partial charge on any atom is 0.279 e. The van der Waals surface area contributed by atoms with Gasteiger partial charge in [0.1, 0.15) is 0 Å². The summed E-state index contributed by atoms with van der Waals surface area (Å²) in [6.45, 7) is 3.74. The van der Waals surface area contributed by atoms with E-state index in [1.165, 1.54) is 0 Å². The third-order valence-electron chi connectivity index (χ3n) is 2.40. The number of thiocarbonyl (C=S) groups is 1. The molecule has 1 aromatic carbocycles. The highest BCUT2D eigenvalue weighted by Crippen LogP contribution is 2.08. The van der Waals surface area contributed by atoms with Crippen LogP contribution in [0.2, 0.25) is 0 Å². The average molecular weight is 262 g/mol. The number of nitrogens with zero attached hydrogens (tertiary/aromatic N) is 2. The average Bonchev–Trinajstić information content (AvgIpc) is 2.43. The summed E-state index contributed by atoms with van der Waals surface area (Å²) in [6.07, 6.45) is 3.58. The van der Waals surface area contributed by atoms with E-state index in [0.29, 0.717) is 5.17 Å². The number of benzene rings is 1. The van der Waals surface area contributed by atoms with E-state index in [2.05, 4.69) is 11.7 Å². The predicted octanol–water partition coefficient (Wildman–Crippen LogP) is 3.22. The Bertz CT molecular complexity index is 429. The minimum Gasteiger partial charge on any atom is -0.473 e. The van der Waals surface area contributed by atoms with E-state index in [0.717, 1.165) is 24.1 Å². The fraction of sp³-hybridized carbons (Fsp3) is 0.286. The normalized spacial score (nSPS) is 10.9. The van der Waals surface area contributed by atoms with Crippen LogP contribution in [0.3, 0.4) is 0 Å². The molecule has 3 nitrogen and oxygen atoms in total. The fourth-order valence-electron chi connectivity index (χ4n) is 1.48. The Morgan fingerprint density at radius 2 is 2.11 bits per heavy atom. The molecule has 0 aliphatic carbocycles. The molecule has 0 bridgehead atoms. The molecule has 0 spiro atoms. The summed E-state index contributed by atoms with van der Waals surface area (Å²) in [6, 6.07) is 10.0. The summed E-state index contributed by atoms with van der Waals surface area (Å²) in [5, 5.41) is 6.41. The van der Waals surface area contributed by atoms with Gasteiger partial charge < -0.3 is 4.74 Å². The Morgan fingerprint density at radius 3 is 2.67 bits per heavy atom. The molecule has 0 heterocycles. The molecule has 0 amide bonds. The molecule has 0 saturated heterocycles. The first kappa shape index (κ1) is 14.4. The van der Waals surface area contributed by atoms with Crippen molar-refractivity contribution in [2.24, 2.45) is 5.10 Å². The lowest BCUT2D eigenvalue weighted by Crippen LogP contribution is -2.22. The van der Waals surface area contributed by atoms with Gasteiger partial charge in [-0.05, 0) is 30.6 Å². The van der Waals surface area contributed by atoms with Gasteiger partial charge in [-0.3, -0.25) is 0 Å². The monoisotopic (exact) mass is 262 g/mol. The van der Waals surface area contributed by atoms with Crippen LogP contribution in [0.15, 0.2) is 48.1 Å². The van der Waals surface area contributed by atoms with E-state index < -0.39 is 0 Å². The summed E-state index contributed by atoms with van der Waals surface area (Å²) >= 11 is 5.04. The first-order chi connectivity index (χ1) is 8.69. The molecule has 0 aliphatic heterocycles. The van der Waals surface area contributed by atoms with Gasteiger partial charge in [0.15, 0.2) is 0 Å². The van der Waals surface area contributed by atoms with Crippen LogP contribution in [0.5, 0.6) is 0 Å². The molecule has 0 saturated carbocycles. The van der Waals surface area contributed by atoms with Crippen molar-refractivity contribution in [2.45, 2.75) is 12.8 Å². The van der Waals surface area contributed by atoms with Gasteiger partial charge in [0.25, 0.3) is 5.17 Å². The fourth-order valence-corrected chi connectivity index (χ4v) is 1.52. The van der Waals surface area contributed by atoms with Gasteiger partial charge in [-0.2, -0.15) is 5.10 Å². The topological polar surface area (TPSA) is 24.8 Å². The van der Waals surface area contributed by atoms with Crippen molar-refractivity contribution in [2.75, 3.05) is 14.2 Å². The largest absolute Gasteiger partial charge is 0.473 e. The van der Waals surface area contributed by atoms with E-state index >= 15 is 0 Å². The second kappa shape index (κ2) is 7.61. The molecule has 96 valence electrons. The zero-order chi connectivity index (χ0) is 13.4. The Balaban J connectivity index is 2.94. The van der Waals surface area contributed by atoms with Crippen molar-refractivity contribution in [3.63, 3.8) is 0 Å². The van der Waals surface area contributed by atoms with Gasteiger partial charge in [0.05, 0.1) is 12.8 Å². The molecule has 0 unspecified atom stereocenters. The first-order valence-electron chi connectivity index (χ1n) is 5.74. The number of rotatable bonds is 5. The summed E-state index contributed by atoms with van der Waals surface area (Å²) in [5.41, 5.74) is 2.06. The summed E-state index contributed by atoms with van der Waals surface area (Å²) in [7, 11) is 3.32. The van der Waals surface area contributed by atoms with Crippen molar-refractivity contribution in [1.82, 2.24) is 5.01 Å². The van der Waals surface area contributed by atoms with Gasteiger partial charge in [0, 0.05) is 7.05 Å². The zero-order valence-electron chi connectivity index (χ0n) is 10.8. The van der Waals surface area contributed by atoms with Gasteiger partial charge in [0.2, 0.25) is 0 Å². The lowest BCUT2D eigenvalue weighted by atomic mass is 10.1. The highest BCUT2D eigenvalue weighted by atomic mass is 32.1. The molecule has 0 fully saturated rings. The van der Waals surface area contributed by atoms with Crippen LogP contribution in [0.4, 0.5) is 0 Å². The lowest BCUT2D eigenvalue weighted by molar-refractivity contribution is 0.329. The molecular formula is C14H18N2OS. The molecule has 1 aromatic rings. The van der Waals surface area contributed by atoms with Gasteiger partial charge in [-0.15, -0.1) is 6.58 Å². The van der Waals surface area contributed by atoms with Crippen molar-refractivity contribution in [1.29, 1.82) is 0 Å². The number of methoxy groups -OCH3 is 1. The van der Waals surface area contributed by atoms with Crippen LogP contribution >= 0.6 is 12.2 Å². The Kier molecular flexibility index (Phi) is 6.08. The van der Waals surface area contributed by atoms with Crippen molar-refractivity contribution >= 4 is 23.1 Å². The number of hydrogen-bond donors (Lipinski definition) is 0. The second-order valence-corrected chi connectivity index (χ2v) is 4.08. The number of allylic oxidation sites excluding steroid dienone is 1. The van der Waals surface area contributed by atoms with Crippen molar-refractivity contribution < 1.29 is 4.74 Å². The van der Waals surface area contributed by atoms with E-state index in [1.54, 1.807) is 19.2 Å². The number of hydrogen-bond acceptors (Lipinski definition) is 3. The zero-order valence-corrected chi connectivity index (χ0v) is 11.6. The molecule has 18 heavy (non-hydrogen) atoms. The smallest absolute Gasteiger partial charge is 0.279 e. The number of ether oxygens (including phenoxy) is 1. The standard InChI is InChI=1S/C14H18N2OS/c1-4-5-11-13(12-9-7-6-8-10-12)15-16(2)14(18)17-3/h4,6-10H,1,5,11H2,2-3H3/b15-13-. The van der Waals surface area contributed by atoms with Crippen molar-refractivity contribution in [3.8, 4) is 0 Å². The van der Waals surface area contributed by atoms with Gasteiger partial charge in [-0.25, -0.2) is 5.01 Å². The number of hydrazone groups is 1. The van der Waals surface area contributed by atoms with Gasteiger partial charge in [-0.1, -0.05) is 36.4 Å². The van der Waals surface area contributed by atoms with Gasteiger partial charge >= 0.3 is 0 Å². The van der Waals surface area contributed by atoms with Crippen LogP contribution in [0, 0.1) is 0 Å². The maximum absolute atomic E-state index is 5.04. The third-order valence-corrected chi connectivity index (χ3v) is 2.83. The lowest BCUT2D eigenvalue weighted by Gasteiger charge is -2.15. The molecule has 0 atom stereocenters. The second-order valence-electron chi connectivity index (χ2n) is 3.73. The summed E-state index contributed by atoms with van der Waals surface area (Å²) in [4.78, 5) is 0. The predicted molar refractivity (Wildman–Crippen MR) is 79.8 cm³/mol. The maximum atomic E-state index is 5.04. The van der Waals surface area contributed by atoms with E-state index in [9.17, 15) is 0 Å². The highest BCUT2D eigenvalue weighted by molar-refractivity contribution is 7.79. The molecule has 0 aliphatic rings. The quantitative estimate of drug-likeness (QED) is 0.352. The van der Waals surface area contributed by atoms with Crippen LogP contribution < -0.4 is 0 Å². The van der Waals surface area contributed by atoms with Crippen molar-refractivity contribution in [3.05, 3.63) is 48.6 Å². The molecular weight excluding hydrogens is 244 g/mol. The van der Waals surface area contributed by atoms with E-state index in [1.807, 2.05) is 36.4 Å². The SMILES string of the molecule is C=CCC/C(=N/N(C)C(=S)OC)c1ccccc1. The molecule has 4 heteroatoms. The van der Waals surface area contributed by atoms with E-state index in [4.69, 9.17) is 17.0 Å². The minimum atomic E-state index is 0.349. The van der Waals surface area contributed by atoms with Crippen LogP contribution in [-0.2, 0) is 4.74 Å². The summed E-state index contributed by atoms with van der Waals surface area (Å²) < 4.78 is 4.98. The summed E-state index contributed by atoms with van der Waals surface area (Å²) in [5.74, 6) is 0.